The second kappa shape index (κ2) is 10.7. The number of hydrogen-bond donors (Lipinski definition) is 0. The molecular formula is C38H41SiZr. The molecule has 0 nitrogen and oxygen atoms in total. The zero-order chi connectivity index (χ0) is 28.3. The molecule has 2 atom stereocenters. The Morgan fingerprint density at radius 3 is 1.35 bits per heavy atom. The van der Waals surface area contributed by atoms with Crippen LogP contribution in [0.3, 0.4) is 0 Å². The Morgan fingerprint density at radius 1 is 0.525 bits per heavy atom. The Bertz CT molecular complexity index is 1580. The van der Waals surface area contributed by atoms with Crippen LogP contribution in [0.1, 0.15) is 65.6 Å². The molecule has 2 aliphatic carbocycles. The summed E-state index contributed by atoms with van der Waals surface area (Å²) in [5.41, 5.74) is 20.5. The van der Waals surface area contributed by atoms with Crippen LogP contribution in [0, 0.1) is 27.7 Å². The second-order valence-corrected chi connectivity index (χ2v) is 32.6. The predicted octanol–water partition coefficient (Wildman–Crippen LogP) is 10.5. The van der Waals surface area contributed by atoms with E-state index in [1.54, 1.807) is 22.3 Å². The standard InChI is InChI=1S/2C18H17.C2H7Si.Zr/c2*1-12-7-8-14(3)17(10-12)16-6-4-5-15-9-13(2)11-18(15)16;1-3-2;/h2*4-11H,1-3H3;3H,1-2H3;. The van der Waals surface area contributed by atoms with Gasteiger partial charge in [-0.2, -0.15) is 0 Å². The fourth-order valence-corrected chi connectivity index (χ4v) is 30.6. The van der Waals surface area contributed by atoms with Crippen molar-refractivity contribution in [2.45, 2.75) is 61.9 Å². The summed E-state index contributed by atoms with van der Waals surface area (Å²) in [4.78, 5) is 0. The molecule has 0 fully saturated rings. The minimum absolute atomic E-state index is 0.665. The van der Waals surface area contributed by atoms with E-state index in [4.69, 9.17) is 0 Å². The first-order valence-corrected chi connectivity index (χ1v) is 24.8. The van der Waals surface area contributed by atoms with Gasteiger partial charge in [0, 0.05) is 0 Å². The average molecular weight is 617 g/mol. The monoisotopic (exact) mass is 615 g/mol. The van der Waals surface area contributed by atoms with Gasteiger partial charge in [0.05, 0.1) is 0 Å². The predicted molar refractivity (Wildman–Crippen MR) is 174 cm³/mol. The maximum atomic E-state index is 2.66. The maximum absolute atomic E-state index is 2.66. The van der Waals surface area contributed by atoms with E-state index in [9.17, 15) is 0 Å². The van der Waals surface area contributed by atoms with Crippen molar-refractivity contribution in [2.75, 3.05) is 0 Å². The summed E-state index contributed by atoms with van der Waals surface area (Å²) in [5, 5.41) is 0. The van der Waals surface area contributed by atoms with Crippen molar-refractivity contribution in [3.8, 4) is 22.3 Å². The quantitative estimate of drug-likeness (QED) is 0.196. The molecule has 0 radical (unpaired) electrons. The van der Waals surface area contributed by atoms with Crippen LogP contribution in [0.25, 0.3) is 34.4 Å². The van der Waals surface area contributed by atoms with Crippen molar-refractivity contribution < 1.29 is 20.9 Å². The van der Waals surface area contributed by atoms with Gasteiger partial charge in [-0.1, -0.05) is 0 Å². The zero-order valence-electron chi connectivity index (χ0n) is 25.3. The number of benzene rings is 4. The summed E-state index contributed by atoms with van der Waals surface area (Å²) in [7, 11) is 0. The average Bonchev–Trinajstić information content (AvgIpc) is 3.43. The normalized spacial score (nSPS) is 17.5. The summed E-state index contributed by atoms with van der Waals surface area (Å²) < 4.78 is 1.33. The molecule has 2 aliphatic rings. The van der Waals surface area contributed by atoms with Gasteiger partial charge in [-0.3, -0.25) is 0 Å². The van der Waals surface area contributed by atoms with Crippen LogP contribution < -0.4 is 0 Å². The van der Waals surface area contributed by atoms with Crippen LogP contribution in [0.5, 0.6) is 0 Å². The van der Waals surface area contributed by atoms with E-state index in [-0.39, 0.29) is 0 Å². The van der Waals surface area contributed by atoms with E-state index < -0.39 is 26.8 Å². The van der Waals surface area contributed by atoms with E-state index in [0.29, 0.717) is 7.25 Å². The molecule has 0 spiro atoms. The van der Waals surface area contributed by atoms with Crippen molar-refractivity contribution in [3.63, 3.8) is 0 Å². The molecule has 0 aliphatic heterocycles. The number of rotatable bonds is 5. The van der Waals surface area contributed by atoms with Crippen molar-refractivity contribution in [3.05, 3.63) is 128 Å². The van der Waals surface area contributed by atoms with E-state index in [0.717, 1.165) is 0 Å². The number of fused-ring (bicyclic) bond motifs is 2. The Hall–Kier alpha value is -2.54. The first kappa shape index (κ1) is 27.6. The molecule has 4 aromatic carbocycles. The van der Waals surface area contributed by atoms with Gasteiger partial charge in [-0.15, -0.1) is 0 Å². The number of aryl methyl sites for hydroxylation is 4. The van der Waals surface area contributed by atoms with Gasteiger partial charge in [0.1, 0.15) is 0 Å². The number of hydrogen-bond acceptors (Lipinski definition) is 0. The van der Waals surface area contributed by atoms with E-state index in [1.807, 2.05) is 0 Å². The minimum atomic E-state index is -2.06. The second-order valence-electron chi connectivity index (χ2n) is 12.6. The summed E-state index contributed by atoms with van der Waals surface area (Å²) in [6, 6.07) is 28.1. The molecule has 0 N–H and O–H groups in total. The molecule has 0 bridgehead atoms. The third kappa shape index (κ3) is 4.62. The van der Waals surface area contributed by atoms with Crippen LogP contribution in [0.2, 0.25) is 13.1 Å². The van der Waals surface area contributed by atoms with Gasteiger partial charge in [-0.05, 0) is 0 Å². The van der Waals surface area contributed by atoms with Crippen LogP contribution in [0.15, 0.2) is 83.9 Å². The first-order chi connectivity index (χ1) is 19.2. The van der Waals surface area contributed by atoms with Gasteiger partial charge in [-0.25, -0.2) is 0 Å². The Kier molecular flexibility index (Phi) is 7.39. The SMILES string of the molecule is CC1=Cc2c(-c3cc(C)ccc3C)cccc2[CH]1[Zr]([CH]1C(C)=Cc2c(-c3cc(C)ccc3C)cccc21)[SiH](C)C. The van der Waals surface area contributed by atoms with Crippen LogP contribution in [-0.4, -0.2) is 5.92 Å². The van der Waals surface area contributed by atoms with Crippen molar-refractivity contribution >= 4 is 18.1 Å². The molecule has 2 unspecified atom stereocenters. The van der Waals surface area contributed by atoms with E-state index >= 15 is 0 Å². The Morgan fingerprint density at radius 2 is 0.950 bits per heavy atom. The zero-order valence-corrected chi connectivity index (χ0v) is 28.9. The van der Waals surface area contributed by atoms with Gasteiger partial charge in [0.15, 0.2) is 0 Å². The van der Waals surface area contributed by atoms with Gasteiger partial charge >= 0.3 is 252 Å². The topological polar surface area (TPSA) is 0 Å². The molecule has 0 saturated heterocycles. The van der Waals surface area contributed by atoms with Crippen molar-refractivity contribution in [1.82, 2.24) is 0 Å². The van der Waals surface area contributed by atoms with Gasteiger partial charge < -0.3 is 0 Å². The molecule has 0 heterocycles. The number of allylic oxidation sites excluding steroid dienone is 2. The van der Waals surface area contributed by atoms with Crippen molar-refractivity contribution in [2.24, 2.45) is 0 Å². The fourth-order valence-electron chi connectivity index (χ4n) is 7.34. The van der Waals surface area contributed by atoms with Crippen LogP contribution in [0.4, 0.5) is 0 Å². The Balaban J connectivity index is 1.48. The Labute approximate surface area is 250 Å². The summed E-state index contributed by atoms with van der Waals surface area (Å²) in [6.07, 6.45) is 5.13. The van der Waals surface area contributed by atoms with Crippen LogP contribution >= 0.6 is 0 Å². The molecule has 0 aromatic heterocycles. The van der Waals surface area contributed by atoms with E-state index in [1.165, 1.54) is 55.6 Å². The van der Waals surface area contributed by atoms with Gasteiger partial charge in [0.25, 0.3) is 0 Å². The third-order valence-corrected chi connectivity index (χ3v) is 31.4. The molecular weight excluding hydrogens is 576 g/mol. The van der Waals surface area contributed by atoms with Gasteiger partial charge in [0.2, 0.25) is 0 Å². The molecule has 0 saturated carbocycles. The molecule has 2 heteroatoms. The van der Waals surface area contributed by atoms with Crippen molar-refractivity contribution in [1.29, 1.82) is 0 Å². The van der Waals surface area contributed by atoms with E-state index in [2.05, 4.69) is 140 Å². The third-order valence-electron chi connectivity index (χ3n) is 9.26. The summed E-state index contributed by atoms with van der Waals surface area (Å²) >= 11 is -2.06. The molecule has 4 aromatic rings. The summed E-state index contributed by atoms with van der Waals surface area (Å²) in [6.45, 7) is 19.2. The molecule has 201 valence electrons. The summed E-state index contributed by atoms with van der Waals surface area (Å²) in [5.74, 6) is -0.886. The molecule has 40 heavy (non-hydrogen) atoms. The van der Waals surface area contributed by atoms with Crippen LogP contribution in [-0.2, 0) is 20.9 Å². The first-order valence-electron chi connectivity index (χ1n) is 14.8. The molecule has 6 rings (SSSR count). The molecule has 0 amide bonds. The fraction of sp³-hybridized carbons (Fsp3) is 0.263.